The molecule has 148 valence electrons. The highest BCUT2D eigenvalue weighted by atomic mass is 32.1. The number of aromatic nitrogens is 2. The number of para-hydroxylation sites is 1. The predicted octanol–water partition coefficient (Wildman–Crippen LogP) is 4.60. The lowest BCUT2D eigenvalue weighted by Crippen LogP contribution is -2.30. The van der Waals surface area contributed by atoms with Gasteiger partial charge in [0.15, 0.2) is 11.5 Å². The molecule has 1 amide bonds. The maximum Gasteiger partial charge on any atom is 0.254 e. The van der Waals surface area contributed by atoms with Crippen LogP contribution in [0.25, 0.3) is 21.3 Å². The lowest BCUT2D eigenvalue weighted by molar-refractivity contribution is 0.0735. The van der Waals surface area contributed by atoms with Gasteiger partial charge in [-0.1, -0.05) is 12.1 Å². The predicted molar refractivity (Wildman–Crippen MR) is 112 cm³/mol. The highest BCUT2D eigenvalue weighted by Crippen LogP contribution is 2.37. The molecule has 3 heterocycles. The molecule has 0 spiro atoms. The fourth-order valence-corrected chi connectivity index (χ4v) is 4.98. The first kappa shape index (κ1) is 18.3. The van der Waals surface area contributed by atoms with E-state index in [-0.39, 0.29) is 11.9 Å². The Morgan fingerprint density at radius 2 is 2.14 bits per heavy atom. The quantitative estimate of drug-likeness (QED) is 0.483. The number of rotatable bonds is 5. The van der Waals surface area contributed by atoms with Gasteiger partial charge in [-0.2, -0.15) is 0 Å². The molecule has 7 heteroatoms. The Hall–Kier alpha value is -2.77. The highest BCUT2D eigenvalue weighted by Gasteiger charge is 2.33. The number of carbonyl (C=O) groups is 1. The number of thiazole rings is 1. The summed E-state index contributed by atoms with van der Waals surface area (Å²) in [5.41, 5.74) is 3.02. The first-order valence-corrected chi connectivity index (χ1v) is 10.6. The van der Waals surface area contributed by atoms with E-state index in [1.54, 1.807) is 24.5 Å². The van der Waals surface area contributed by atoms with Gasteiger partial charge >= 0.3 is 0 Å². The number of fused-ring (bicyclic) bond motifs is 2. The minimum absolute atomic E-state index is 0.0171. The normalized spacial score (nSPS) is 16.9. The number of carbonyl (C=O) groups excluding carboxylic acids is 1. The van der Waals surface area contributed by atoms with Crippen LogP contribution in [0.15, 0.2) is 46.9 Å². The SMILES string of the molecule is COCCc1nc2ccc(C(=O)N3CCC[C@H]3c3nc4ccccc4s3)cc2o1. The number of ether oxygens (including phenoxy) is 1. The summed E-state index contributed by atoms with van der Waals surface area (Å²) in [7, 11) is 1.65. The summed E-state index contributed by atoms with van der Waals surface area (Å²) in [5.74, 6) is 0.642. The first-order chi connectivity index (χ1) is 14.2. The zero-order valence-electron chi connectivity index (χ0n) is 16.1. The summed E-state index contributed by atoms with van der Waals surface area (Å²) < 4.78 is 12.0. The van der Waals surface area contributed by atoms with E-state index in [1.165, 1.54) is 0 Å². The molecule has 0 radical (unpaired) electrons. The molecule has 0 aliphatic carbocycles. The van der Waals surface area contributed by atoms with E-state index < -0.39 is 0 Å². The van der Waals surface area contributed by atoms with Crippen LogP contribution in [0.3, 0.4) is 0 Å². The molecular formula is C22H21N3O3S. The van der Waals surface area contributed by atoms with Crippen LogP contribution in [0.4, 0.5) is 0 Å². The highest BCUT2D eigenvalue weighted by molar-refractivity contribution is 7.18. The summed E-state index contributed by atoms with van der Waals surface area (Å²) in [6, 6.07) is 13.6. The molecule has 1 fully saturated rings. The Morgan fingerprint density at radius 1 is 1.24 bits per heavy atom. The Balaban J connectivity index is 1.42. The van der Waals surface area contributed by atoms with Crippen LogP contribution in [0.1, 0.15) is 40.1 Å². The van der Waals surface area contributed by atoms with Gasteiger partial charge in [0, 0.05) is 25.6 Å². The van der Waals surface area contributed by atoms with Crippen molar-refractivity contribution in [3.63, 3.8) is 0 Å². The van der Waals surface area contributed by atoms with Crippen molar-refractivity contribution in [2.45, 2.75) is 25.3 Å². The maximum absolute atomic E-state index is 13.3. The largest absolute Gasteiger partial charge is 0.441 e. The van der Waals surface area contributed by atoms with Crippen molar-refractivity contribution in [2.24, 2.45) is 0 Å². The van der Waals surface area contributed by atoms with E-state index in [0.29, 0.717) is 30.1 Å². The molecule has 29 heavy (non-hydrogen) atoms. The third-order valence-electron chi connectivity index (χ3n) is 5.31. The van der Waals surface area contributed by atoms with E-state index in [9.17, 15) is 4.79 Å². The first-order valence-electron chi connectivity index (χ1n) is 9.78. The topological polar surface area (TPSA) is 68.5 Å². The number of amides is 1. The second-order valence-electron chi connectivity index (χ2n) is 7.21. The lowest BCUT2D eigenvalue weighted by Gasteiger charge is -2.23. The van der Waals surface area contributed by atoms with Crippen molar-refractivity contribution in [3.05, 3.63) is 58.9 Å². The maximum atomic E-state index is 13.3. The van der Waals surface area contributed by atoms with Gasteiger partial charge in [-0.3, -0.25) is 4.79 Å². The van der Waals surface area contributed by atoms with Crippen molar-refractivity contribution in [3.8, 4) is 0 Å². The van der Waals surface area contributed by atoms with Gasteiger partial charge < -0.3 is 14.1 Å². The third kappa shape index (κ3) is 3.41. The summed E-state index contributed by atoms with van der Waals surface area (Å²) in [4.78, 5) is 24.5. The zero-order valence-corrected chi connectivity index (χ0v) is 16.9. The number of benzene rings is 2. The van der Waals surface area contributed by atoms with Crippen LogP contribution >= 0.6 is 11.3 Å². The number of methoxy groups -OCH3 is 1. The fraction of sp³-hybridized carbons (Fsp3) is 0.318. The van der Waals surface area contributed by atoms with Crippen molar-refractivity contribution < 1.29 is 13.9 Å². The van der Waals surface area contributed by atoms with Crippen molar-refractivity contribution in [2.75, 3.05) is 20.3 Å². The van der Waals surface area contributed by atoms with E-state index in [1.807, 2.05) is 35.2 Å². The molecule has 0 saturated carbocycles. The molecule has 1 aliphatic rings. The van der Waals surface area contributed by atoms with Gasteiger partial charge in [0.25, 0.3) is 5.91 Å². The molecule has 1 atom stereocenters. The molecule has 4 aromatic rings. The van der Waals surface area contributed by atoms with E-state index in [4.69, 9.17) is 14.1 Å². The summed E-state index contributed by atoms with van der Waals surface area (Å²) in [6.45, 7) is 1.29. The average Bonchev–Trinajstić information content (AvgIpc) is 3.47. The second-order valence-corrected chi connectivity index (χ2v) is 8.27. The Labute approximate surface area is 172 Å². The zero-order chi connectivity index (χ0) is 19.8. The molecular weight excluding hydrogens is 386 g/mol. The molecule has 2 aromatic heterocycles. The molecule has 0 unspecified atom stereocenters. The molecule has 2 aromatic carbocycles. The molecule has 0 bridgehead atoms. The van der Waals surface area contributed by atoms with Gasteiger partial charge in [0.05, 0.1) is 22.9 Å². The van der Waals surface area contributed by atoms with E-state index in [0.717, 1.165) is 40.1 Å². The molecule has 1 aliphatic heterocycles. The molecule has 1 saturated heterocycles. The number of hydrogen-bond acceptors (Lipinski definition) is 6. The summed E-state index contributed by atoms with van der Waals surface area (Å²) >= 11 is 1.68. The third-order valence-corrected chi connectivity index (χ3v) is 6.45. The van der Waals surface area contributed by atoms with Crippen molar-refractivity contribution in [1.29, 1.82) is 0 Å². The monoisotopic (exact) mass is 407 g/mol. The summed E-state index contributed by atoms with van der Waals surface area (Å²) in [6.07, 6.45) is 2.54. The smallest absolute Gasteiger partial charge is 0.254 e. The van der Waals surface area contributed by atoms with Gasteiger partial charge in [-0.25, -0.2) is 9.97 Å². The minimum Gasteiger partial charge on any atom is -0.441 e. The van der Waals surface area contributed by atoms with Gasteiger partial charge in [-0.05, 0) is 43.2 Å². The number of nitrogens with zero attached hydrogens (tertiary/aromatic N) is 3. The Morgan fingerprint density at radius 3 is 3.00 bits per heavy atom. The Bertz CT molecular complexity index is 1150. The van der Waals surface area contributed by atoms with E-state index >= 15 is 0 Å². The number of hydrogen-bond donors (Lipinski definition) is 0. The second kappa shape index (κ2) is 7.57. The van der Waals surface area contributed by atoms with Crippen LogP contribution in [-0.4, -0.2) is 41.0 Å². The standard InChI is InChI=1S/C22H21N3O3S/c1-27-12-10-20-23-15-9-8-14(13-18(15)28-20)22(26)25-11-4-6-17(25)21-24-16-5-2-3-7-19(16)29-21/h2-3,5,7-9,13,17H,4,6,10-12H2,1H3/t17-/m0/s1. The van der Waals surface area contributed by atoms with Gasteiger partial charge in [-0.15, -0.1) is 11.3 Å². The van der Waals surface area contributed by atoms with Gasteiger partial charge in [0.1, 0.15) is 10.5 Å². The van der Waals surface area contributed by atoms with Crippen LogP contribution in [0.2, 0.25) is 0 Å². The lowest BCUT2D eigenvalue weighted by atomic mass is 10.1. The number of likely N-dealkylation sites (tertiary alicyclic amines) is 1. The molecule has 0 N–H and O–H groups in total. The van der Waals surface area contributed by atoms with E-state index in [2.05, 4.69) is 11.1 Å². The summed E-state index contributed by atoms with van der Waals surface area (Å²) in [5, 5.41) is 1.01. The molecule has 6 nitrogen and oxygen atoms in total. The van der Waals surface area contributed by atoms with Crippen molar-refractivity contribution >= 4 is 38.6 Å². The van der Waals surface area contributed by atoms with Crippen LogP contribution in [-0.2, 0) is 11.2 Å². The van der Waals surface area contributed by atoms with Gasteiger partial charge in [0.2, 0.25) is 0 Å². The minimum atomic E-state index is 0.0171. The van der Waals surface area contributed by atoms with Crippen molar-refractivity contribution in [1.82, 2.24) is 14.9 Å². The Kier molecular flexibility index (Phi) is 4.77. The number of oxazole rings is 1. The van der Waals surface area contributed by atoms with Crippen LogP contribution < -0.4 is 0 Å². The van der Waals surface area contributed by atoms with Crippen LogP contribution in [0, 0.1) is 0 Å². The van der Waals surface area contributed by atoms with Crippen LogP contribution in [0.5, 0.6) is 0 Å². The average molecular weight is 407 g/mol. The molecule has 5 rings (SSSR count). The fourth-order valence-electron chi connectivity index (χ4n) is 3.87.